The molecule has 0 aromatic rings. The van der Waals surface area contributed by atoms with E-state index in [2.05, 4.69) is 0 Å². The maximum atomic E-state index is 12.2. The predicted octanol–water partition coefficient (Wildman–Crippen LogP) is -1.59. The van der Waals surface area contributed by atoms with Crippen molar-refractivity contribution in [1.82, 2.24) is 4.90 Å². The fourth-order valence-corrected chi connectivity index (χ4v) is 2.32. The van der Waals surface area contributed by atoms with Crippen molar-refractivity contribution in [2.24, 2.45) is 11.7 Å². The summed E-state index contributed by atoms with van der Waals surface area (Å²) in [7, 11) is 0. The number of carbonyl (C=O) groups is 3. The van der Waals surface area contributed by atoms with E-state index in [1.54, 1.807) is 0 Å². The van der Waals surface area contributed by atoms with Gasteiger partial charge >= 0.3 is 0 Å². The molecule has 1 fully saturated rings. The molecule has 0 radical (unpaired) electrons. The third-order valence-electron chi connectivity index (χ3n) is 3.44. The zero-order chi connectivity index (χ0) is 14.7. The van der Waals surface area contributed by atoms with Crippen LogP contribution >= 0.6 is 0 Å². The standard InChI is InChI=1S/C12H20N2O5/c1-6(9(17)5-10(13)18)12(19)14-4-3-8(16)11(14)7(2)15/h6,8-9,11,16-17H,3-5H2,1-2H3,(H2,13,18)/t6-,8-,9+,11+/m0/s1. The van der Waals surface area contributed by atoms with Gasteiger partial charge in [0.05, 0.1) is 24.5 Å². The number of nitrogens with zero attached hydrogens (tertiary/aromatic N) is 1. The Morgan fingerprint density at radius 3 is 2.47 bits per heavy atom. The first-order chi connectivity index (χ1) is 8.75. The molecule has 4 N–H and O–H groups in total. The van der Waals surface area contributed by atoms with Crippen LogP contribution in [0, 0.1) is 5.92 Å². The fourth-order valence-electron chi connectivity index (χ4n) is 2.32. The van der Waals surface area contributed by atoms with Crippen LogP contribution in [0.4, 0.5) is 0 Å². The Morgan fingerprint density at radius 1 is 1.42 bits per heavy atom. The molecular weight excluding hydrogens is 252 g/mol. The van der Waals surface area contributed by atoms with Crippen LogP contribution in [0.15, 0.2) is 0 Å². The van der Waals surface area contributed by atoms with Gasteiger partial charge in [-0.15, -0.1) is 0 Å². The van der Waals surface area contributed by atoms with Gasteiger partial charge in [-0.05, 0) is 13.3 Å². The number of Topliss-reactive ketones (excluding diaryl/α,β-unsaturated/α-hetero) is 1. The van der Waals surface area contributed by atoms with Gasteiger partial charge in [-0.3, -0.25) is 14.4 Å². The van der Waals surface area contributed by atoms with Crippen LogP contribution < -0.4 is 5.73 Å². The zero-order valence-electron chi connectivity index (χ0n) is 11.1. The van der Waals surface area contributed by atoms with E-state index in [9.17, 15) is 24.6 Å². The fraction of sp³-hybridized carbons (Fsp3) is 0.750. The van der Waals surface area contributed by atoms with Crippen LogP contribution in [0.2, 0.25) is 0 Å². The van der Waals surface area contributed by atoms with Crippen LogP contribution in [0.3, 0.4) is 0 Å². The predicted molar refractivity (Wildman–Crippen MR) is 65.8 cm³/mol. The van der Waals surface area contributed by atoms with Gasteiger partial charge in [-0.2, -0.15) is 0 Å². The molecule has 0 aromatic heterocycles. The van der Waals surface area contributed by atoms with Gasteiger partial charge in [0.1, 0.15) is 6.04 Å². The molecule has 0 spiro atoms. The molecule has 0 aliphatic carbocycles. The van der Waals surface area contributed by atoms with Gasteiger partial charge in [-0.25, -0.2) is 0 Å². The van der Waals surface area contributed by atoms with Gasteiger partial charge in [0.15, 0.2) is 5.78 Å². The highest BCUT2D eigenvalue weighted by Crippen LogP contribution is 2.22. The Labute approximate surface area is 111 Å². The first-order valence-corrected chi connectivity index (χ1v) is 6.21. The number of hydrogen-bond donors (Lipinski definition) is 3. The van der Waals surface area contributed by atoms with Crippen LogP contribution in [0.25, 0.3) is 0 Å². The van der Waals surface area contributed by atoms with Crippen molar-refractivity contribution < 1.29 is 24.6 Å². The molecule has 19 heavy (non-hydrogen) atoms. The van der Waals surface area contributed by atoms with E-state index in [4.69, 9.17) is 5.73 Å². The van der Waals surface area contributed by atoms with Gasteiger partial charge in [-0.1, -0.05) is 6.92 Å². The topological polar surface area (TPSA) is 121 Å². The summed E-state index contributed by atoms with van der Waals surface area (Å²) in [6.07, 6.45) is -2.04. The molecule has 108 valence electrons. The maximum absolute atomic E-state index is 12.2. The van der Waals surface area contributed by atoms with Crippen molar-refractivity contribution in [1.29, 1.82) is 0 Å². The molecule has 0 aromatic carbocycles. The first kappa shape index (κ1) is 15.6. The number of aliphatic hydroxyl groups excluding tert-OH is 2. The van der Waals surface area contributed by atoms with Gasteiger partial charge < -0.3 is 20.8 Å². The minimum Gasteiger partial charge on any atom is -0.392 e. The van der Waals surface area contributed by atoms with E-state index in [0.717, 1.165) is 0 Å². The molecular formula is C12H20N2O5. The second kappa shape index (κ2) is 6.12. The number of carbonyl (C=O) groups excluding carboxylic acids is 3. The highest BCUT2D eigenvalue weighted by Gasteiger charge is 2.41. The lowest BCUT2D eigenvalue weighted by Crippen LogP contribution is -2.48. The molecule has 1 aliphatic heterocycles. The van der Waals surface area contributed by atoms with E-state index >= 15 is 0 Å². The monoisotopic (exact) mass is 272 g/mol. The average Bonchev–Trinajstić information content (AvgIpc) is 2.68. The molecule has 0 bridgehead atoms. The molecule has 1 saturated heterocycles. The number of aliphatic hydroxyl groups is 2. The van der Waals surface area contributed by atoms with E-state index < -0.39 is 36.0 Å². The van der Waals surface area contributed by atoms with Crippen LogP contribution in [0.5, 0.6) is 0 Å². The summed E-state index contributed by atoms with van der Waals surface area (Å²) < 4.78 is 0. The third kappa shape index (κ3) is 3.51. The second-order valence-electron chi connectivity index (χ2n) is 4.97. The minimum absolute atomic E-state index is 0.262. The van der Waals surface area contributed by atoms with Gasteiger partial charge in [0.25, 0.3) is 0 Å². The second-order valence-corrected chi connectivity index (χ2v) is 4.97. The molecule has 1 heterocycles. The summed E-state index contributed by atoms with van der Waals surface area (Å²) in [5, 5.41) is 19.4. The number of ketones is 1. The molecule has 7 nitrogen and oxygen atoms in total. The smallest absolute Gasteiger partial charge is 0.228 e. The third-order valence-corrected chi connectivity index (χ3v) is 3.44. The molecule has 4 atom stereocenters. The highest BCUT2D eigenvalue weighted by molar-refractivity contribution is 5.90. The Balaban J connectivity index is 2.76. The molecule has 1 rings (SSSR count). The number of rotatable bonds is 5. The number of hydrogen-bond acceptors (Lipinski definition) is 5. The summed E-state index contributed by atoms with van der Waals surface area (Å²) in [5.41, 5.74) is 4.96. The van der Waals surface area contributed by atoms with Crippen molar-refractivity contribution in [2.75, 3.05) is 6.54 Å². The van der Waals surface area contributed by atoms with Crippen molar-refractivity contribution in [3.63, 3.8) is 0 Å². The summed E-state index contributed by atoms with van der Waals surface area (Å²) >= 11 is 0. The maximum Gasteiger partial charge on any atom is 0.228 e. The molecule has 2 amide bonds. The van der Waals surface area contributed by atoms with Crippen LogP contribution in [-0.4, -0.2) is 57.5 Å². The molecule has 0 saturated carbocycles. The minimum atomic E-state index is -1.18. The zero-order valence-corrected chi connectivity index (χ0v) is 11.1. The number of nitrogens with two attached hydrogens (primary N) is 1. The normalized spacial score (nSPS) is 26.0. The Hall–Kier alpha value is -1.47. The lowest BCUT2D eigenvalue weighted by molar-refractivity contribution is -0.145. The SMILES string of the molecule is CC(=O)[C@@H]1[C@@H](O)CCN1C(=O)[C@@H](C)[C@H](O)CC(N)=O. The van der Waals surface area contributed by atoms with E-state index in [1.165, 1.54) is 18.7 Å². The van der Waals surface area contributed by atoms with Crippen molar-refractivity contribution in [3.05, 3.63) is 0 Å². The van der Waals surface area contributed by atoms with E-state index in [1.807, 2.05) is 0 Å². The van der Waals surface area contributed by atoms with Crippen molar-refractivity contribution in [2.45, 2.75) is 44.9 Å². The number of primary amides is 1. The molecule has 1 aliphatic rings. The number of amides is 2. The lowest BCUT2D eigenvalue weighted by Gasteiger charge is -2.28. The first-order valence-electron chi connectivity index (χ1n) is 6.21. The summed E-state index contributed by atoms with van der Waals surface area (Å²) in [4.78, 5) is 35.6. The largest absolute Gasteiger partial charge is 0.392 e. The summed E-state index contributed by atoms with van der Waals surface area (Å²) in [6, 6.07) is -0.865. The van der Waals surface area contributed by atoms with Crippen LogP contribution in [0.1, 0.15) is 26.7 Å². The molecule has 7 heteroatoms. The van der Waals surface area contributed by atoms with E-state index in [0.29, 0.717) is 6.42 Å². The van der Waals surface area contributed by atoms with Crippen molar-refractivity contribution >= 4 is 17.6 Å². The summed E-state index contributed by atoms with van der Waals surface area (Å²) in [5.74, 6) is -2.29. The highest BCUT2D eigenvalue weighted by atomic mass is 16.3. The van der Waals surface area contributed by atoms with Crippen LogP contribution in [-0.2, 0) is 14.4 Å². The Bertz CT molecular complexity index is 384. The van der Waals surface area contributed by atoms with Crippen molar-refractivity contribution in [3.8, 4) is 0 Å². The summed E-state index contributed by atoms with van der Waals surface area (Å²) in [6.45, 7) is 3.04. The van der Waals surface area contributed by atoms with Gasteiger partial charge in [0.2, 0.25) is 11.8 Å². The average molecular weight is 272 g/mol. The van der Waals surface area contributed by atoms with E-state index in [-0.39, 0.29) is 18.7 Å². The molecule has 0 unspecified atom stereocenters. The quantitative estimate of drug-likeness (QED) is 0.557. The Morgan fingerprint density at radius 2 is 2.00 bits per heavy atom. The van der Waals surface area contributed by atoms with Gasteiger partial charge in [0, 0.05) is 6.54 Å². The number of likely N-dealkylation sites (tertiary alicyclic amines) is 1. The lowest BCUT2D eigenvalue weighted by atomic mass is 9.99. The Kier molecular flexibility index (Phi) is 5.02.